The molecule has 0 heterocycles. The molecule has 0 aliphatic heterocycles. The zero-order valence-corrected chi connectivity index (χ0v) is 11.8. The molecule has 100 valence electrons. The first-order valence-corrected chi connectivity index (χ1v) is 6.31. The molecule has 0 aromatic heterocycles. The third-order valence-corrected chi connectivity index (χ3v) is 2.91. The summed E-state index contributed by atoms with van der Waals surface area (Å²) in [6.45, 7) is 8.36. The van der Waals surface area contributed by atoms with E-state index in [9.17, 15) is 4.79 Å². The number of Topliss-reactive ketones (excluding diaryl/α,β-unsaturated/α-hetero) is 1. The van der Waals surface area contributed by atoms with Gasteiger partial charge in [-0.1, -0.05) is 13.8 Å². The van der Waals surface area contributed by atoms with E-state index in [1.165, 1.54) is 0 Å². The summed E-state index contributed by atoms with van der Waals surface area (Å²) < 4.78 is 10.7. The van der Waals surface area contributed by atoms with E-state index in [-0.39, 0.29) is 17.8 Å². The fourth-order valence-corrected chi connectivity index (χ4v) is 1.94. The van der Waals surface area contributed by atoms with Crippen LogP contribution in [0.25, 0.3) is 0 Å². The van der Waals surface area contributed by atoms with Crippen molar-refractivity contribution in [3.63, 3.8) is 0 Å². The second-order valence-corrected chi connectivity index (χ2v) is 4.67. The van der Waals surface area contributed by atoms with Crippen molar-refractivity contribution in [1.82, 2.24) is 0 Å². The van der Waals surface area contributed by atoms with Crippen LogP contribution in [-0.2, 0) is 4.74 Å². The first-order valence-electron chi connectivity index (χ1n) is 6.31. The SMILES string of the molecule is CCOC(C(=O)c1ccc(OC)cc1C)C(C)C. The highest BCUT2D eigenvalue weighted by Crippen LogP contribution is 2.21. The predicted molar refractivity (Wildman–Crippen MR) is 72.3 cm³/mol. The fraction of sp³-hybridized carbons (Fsp3) is 0.533. The van der Waals surface area contributed by atoms with Crippen molar-refractivity contribution in [1.29, 1.82) is 0 Å². The lowest BCUT2D eigenvalue weighted by Crippen LogP contribution is -2.30. The molecular formula is C15H22O3. The van der Waals surface area contributed by atoms with Crippen molar-refractivity contribution < 1.29 is 14.3 Å². The van der Waals surface area contributed by atoms with E-state index >= 15 is 0 Å². The minimum Gasteiger partial charge on any atom is -0.497 e. The van der Waals surface area contributed by atoms with Gasteiger partial charge in [-0.2, -0.15) is 0 Å². The summed E-state index contributed by atoms with van der Waals surface area (Å²) >= 11 is 0. The van der Waals surface area contributed by atoms with E-state index in [1.807, 2.05) is 45.9 Å². The standard InChI is InChI=1S/C15H22O3/c1-6-18-15(10(2)3)14(16)13-8-7-12(17-5)9-11(13)4/h7-10,15H,6H2,1-5H3. The topological polar surface area (TPSA) is 35.5 Å². The number of carbonyl (C=O) groups excluding carboxylic acids is 1. The maximum Gasteiger partial charge on any atom is 0.192 e. The normalized spacial score (nSPS) is 12.6. The Labute approximate surface area is 109 Å². The van der Waals surface area contributed by atoms with E-state index in [4.69, 9.17) is 9.47 Å². The van der Waals surface area contributed by atoms with Gasteiger partial charge in [0.2, 0.25) is 0 Å². The highest BCUT2D eigenvalue weighted by atomic mass is 16.5. The summed E-state index contributed by atoms with van der Waals surface area (Å²) in [6.07, 6.45) is -0.373. The zero-order valence-electron chi connectivity index (χ0n) is 11.8. The van der Waals surface area contributed by atoms with Crippen molar-refractivity contribution >= 4 is 5.78 Å². The maximum absolute atomic E-state index is 12.4. The molecule has 0 aliphatic rings. The summed E-state index contributed by atoms with van der Waals surface area (Å²) in [5.41, 5.74) is 1.63. The van der Waals surface area contributed by atoms with Crippen molar-refractivity contribution in [3.8, 4) is 5.75 Å². The average Bonchev–Trinajstić information content (AvgIpc) is 2.34. The Balaban J connectivity index is 3.01. The van der Waals surface area contributed by atoms with Crippen molar-refractivity contribution in [2.75, 3.05) is 13.7 Å². The molecule has 1 unspecified atom stereocenters. The molecule has 0 saturated carbocycles. The lowest BCUT2D eigenvalue weighted by molar-refractivity contribution is 0.0279. The predicted octanol–water partition coefficient (Wildman–Crippen LogP) is 3.25. The van der Waals surface area contributed by atoms with Gasteiger partial charge in [0.05, 0.1) is 7.11 Å². The van der Waals surface area contributed by atoms with E-state index in [0.29, 0.717) is 12.2 Å². The van der Waals surface area contributed by atoms with Crippen LogP contribution in [0.1, 0.15) is 36.7 Å². The minimum atomic E-state index is -0.373. The van der Waals surface area contributed by atoms with Gasteiger partial charge in [0.1, 0.15) is 11.9 Å². The minimum absolute atomic E-state index is 0.0482. The Kier molecular flexibility index (Phi) is 5.35. The van der Waals surface area contributed by atoms with Gasteiger partial charge < -0.3 is 9.47 Å². The zero-order chi connectivity index (χ0) is 13.7. The smallest absolute Gasteiger partial charge is 0.192 e. The number of ketones is 1. The van der Waals surface area contributed by atoms with E-state index in [2.05, 4.69) is 0 Å². The average molecular weight is 250 g/mol. The lowest BCUT2D eigenvalue weighted by atomic mass is 9.94. The highest BCUT2D eigenvalue weighted by Gasteiger charge is 2.24. The van der Waals surface area contributed by atoms with Gasteiger partial charge in [-0.15, -0.1) is 0 Å². The highest BCUT2D eigenvalue weighted by molar-refractivity contribution is 6.01. The molecule has 1 atom stereocenters. The number of carbonyl (C=O) groups is 1. The first-order chi connectivity index (χ1) is 8.51. The molecule has 1 rings (SSSR count). The lowest BCUT2D eigenvalue weighted by Gasteiger charge is -2.20. The number of methoxy groups -OCH3 is 1. The molecular weight excluding hydrogens is 228 g/mol. The van der Waals surface area contributed by atoms with Gasteiger partial charge in [-0.3, -0.25) is 4.79 Å². The molecule has 3 nitrogen and oxygen atoms in total. The Morgan fingerprint density at radius 2 is 2.00 bits per heavy atom. The van der Waals surface area contributed by atoms with Crippen molar-refractivity contribution in [2.24, 2.45) is 5.92 Å². The quantitative estimate of drug-likeness (QED) is 0.727. The van der Waals surface area contributed by atoms with Crippen LogP contribution < -0.4 is 4.74 Å². The van der Waals surface area contributed by atoms with Gasteiger partial charge >= 0.3 is 0 Å². The number of rotatable bonds is 6. The molecule has 0 radical (unpaired) electrons. The maximum atomic E-state index is 12.4. The van der Waals surface area contributed by atoms with Crippen LogP contribution >= 0.6 is 0 Å². The van der Waals surface area contributed by atoms with Crippen LogP contribution in [0, 0.1) is 12.8 Å². The van der Waals surface area contributed by atoms with Crippen LogP contribution in [0.3, 0.4) is 0 Å². The summed E-state index contributed by atoms with van der Waals surface area (Å²) in [6, 6.07) is 5.49. The van der Waals surface area contributed by atoms with E-state index in [1.54, 1.807) is 7.11 Å². The summed E-state index contributed by atoms with van der Waals surface area (Å²) in [4.78, 5) is 12.4. The number of aryl methyl sites for hydroxylation is 1. The molecule has 0 bridgehead atoms. The molecule has 0 spiro atoms. The van der Waals surface area contributed by atoms with Crippen LogP contribution in [0.2, 0.25) is 0 Å². The largest absolute Gasteiger partial charge is 0.497 e. The molecule has 3 heteroatoms. The van der Waals surface area contributed by atoms with Crippen LogP contribution in [0.15, 0.2) is 18.2 Å². The second kappa shape index (κ2) is 6.55. The molecule has 0 fully saturated rings. The second-order valence-electron chi connectivity index (χ2n) is 4.67. The third kappa shape index (κ3) is 3.33. The number of hydrogen-bond acceptors (Lipinski definition) is 3. The molecule has 0 amide bonds. The van der Waals surface area contributed by atoms with Gasteiger partial charge in [-0.05, 0) is 43.5 Å². The number of ether oxygens (including phenoxy) is 2. The van der Waals surface area contributed by atoms with Crippen molar-refractivity contribution in [3.05, 3.63) is 29.3 Å². The fourth-order valence-electron chi connectivity index (χ4n) is 1.94. The van der Waals surface area contributed by atoms with Gasteiger partial charge in [0.25, 0.3) is 0 Å². The Morgan fingerprint density at radius 3 is 2.44 bits per heavy atom. The summed E-state index contributed by atoms with van der Waals surface area (Å²) in [5, 5.41) is 0. The van der Waals surface area contributed by atoms with Crippen LogP contribution in [0.4, 0.5) is 0 Å². The summed E-state index contributed by atoms with van der Waals surface area (Å²) in [5.74, 6) is 0.979. The number of benzene rings is 1. The van der Waals surface area contributed by atoms with E-state index in [0.717, 1.165) is 11.3 Å². The molecule has 1 aromatic rings. The third-order valence-electron chi connectivity index (χ3n) is 2.91. The molecule has 1 aromatic carbocycles. The number of hydrogen-bond donors (Lipinski definition) is 0. The van der Waals surface area contributed by atoms with Crippen LogP contribution in [0.5, 0.6) is 5.75 Å². The van der Waals surface area contributed by atoms with Gasteiger partial charge in [0.15, 0.2) is 5.78 Å². The van der Waals surface area contributed by atoms with Gasteiger partial charge in [-0.25, -0.2) is 0 Å². The molecule has 0 N–H and O–H groups in total. The Bertz CT molecular complexity index is 410. The monoisotopic (exact) mass is 250 g/mol. The van der Waals surface area contributed by atoms with E-state index < -0.39 is 0 Å². The van der Waals surface area contributed by atoms with Crippen molar-refractivity contribution in [2.45, 2.75) is 33.8 Å². The molecule has 18 heavy (non-hydrogen) atoms. The Hall–Kier alpha value is -1.35. The molecule has 0 aliphatic carbocycles. The van der Waals surface area contributed by atoms with Crippen LogP contribution in [-0.4, -0.2) is 25.6 Å². The van der Waals surface area contributed by atoms with Gasteiger partial charge in [0, 0.05) is 12.2 Å². The first kappa shape index (κ1) is 14.7. The summed E-state index contributed by atoms with van der Waals surface area (Å²) in [7, 11) is 1.62. The Morgan fingerprint density at radius 1 is 1.33 bits per heavy atom. The molecule has 0 saturated heterocycles.